The van der Waals surface area contributed by atoms with E-state index in [9.17, 15) is 13.2 Å². The minimum absolute atomic E-state index is 0.00101. The van der Waals surface area contributed by atoms with Crippen LogP contribution in [0.25, 0.3) is 6.08 Å². The van der Waals surface area contributed by atoms with E-state index in [0.29, 0.717) is 21.2 Å². The molecule has 1 atom stereocenters. The second-order valence-corrected chi connectivity index (χ2v) is 8.09. The first-order valence-electron chi connectivity index (χ1n) is 7.63. The highest BCUT2D eigenvalue weighted by atomic mass is 35.5. The van der Waals surface area contributed by atoms with Crippen LogP contribution >= 0.6 is 23.2 Å². The maximum absolute atomic E-state index is 12.4. The number of hydrogen-bond acceptors (Lipinski definition) is 3. The molecule has 8 heteroatoms. The zero-order valence-electron chi connectivity index (χ0n) is 14.2. The average Bonchev–Trinajstić information content (AvgIpc) is 2.59. The van der Waals surface area contributed by atoms with E-state index in [0.717, 1.165) is 0 Å². The lowest BCUT2D eigenvalue weighted by Gasteiger charge is -2.24. The van der Waals surface area contributed by atoms with Crippen molar-refractivity contribution < 1.29 is 13.2 Å². The Morgan fingerprint density at radius 3 is 2.31 bits per heavy atom. The van der Waals surface area contributed by atoms with Crippen molar-refractivity contribution in [3.63, 3.8) is 0 Å². The molecule has 0 aromatic heterocycles. The first kappa shape index (κ1) is 20.5. The first-order chi connectivity index (χ1) is 12.1. The topological polar surface area (TPSA) is 80.5 Å². The molecule has 2 aromatic carbocycles. The van der Waals surface area contributed by atoms with Crippen LogP contribution in [0.4, 0.5) is 0 Å². The molecule has 0 heterocycles. The van der Waals surface area contributed by atoms with Gasteiger partial charge in [-0.1, -0.05) is 41.4 Å². The van der Waals surface area contributed by atoms with Crippen molar-refractivity contribution in [3.8, 4) is 0 Å². The van der Waals surface area contributed by atoms with Gasteiger partial charge in [0, 0.05) is 28.7 Å². The number of benzene rings is 2. The van der Waals surface area contributed by atoms with Crippen LogP contribution in [0.1, 0.15) is 24.1 Å². The minimum Gasteiger partial charge on any atom is -0.335 e. The van der Waals surface area contributed by atoms with E-state index in [1.807, 2.05) is 0 Å². The molecule has 1 unspecified atom stereocenters. The van der Waals surface area contributed by atoms with Gasteiger partial charge in [0.05, 0.1) is 10.9 Å². The highest BCUT2D eigenvalue weighted by Gasteiger charge is 2.18. The van der Waals surface area contributed by atoms with Crippen molar-refractivity contribution in [3.05, 3.63) is 69.7 Å². The molecule has 0 saturated carbocycles. The standard InChI is InChI=1S/C18H18Cl2N2O3S/c1-12(13-5-3-6-14(11-13)26(21,24)25)22(2)18(23)10-9-15-16(19)7-4-8-17(15)20/h3-12H,1-2H3,(H2,21,24,25)/b10-9+. The molecule has 26 heavy (non-hydrogen) atoms. The Kier molecular flexibility index (Phi) is 6.47. The monoisotopic (exact) mass is 412 g/mol. The molecule has 0 spiro atoms. The second kappa shape index (κ2) is 8.22. The molecule has 0 aliphatic rings. The number of amides is 1. The molecule has 0 aliphatic heterocycles. The van der Waals surface area contributed by atoms with Gasteiger partial charge in [0.25, 0.3) is 0 Å². The van der Waals surface area contributed by atoms with Crippen LogP contribution in [0.5, 0.6) is 0 Å². The summed E-state index contributed by atoms with van der Waals surface area (Å²) in [5.41, 5.74) is 1.21. The number of carbonyl (C=O) groups excluding carboxylic acids is 1. The van der Waals surface area contributed by atoms with Crippen LogP contribution in [0.3, 0.4) is 0 Å². The van der Waals surface area contributed by atoms with Gasteiger partial charge < -0.3 is 4.90 Å². The molecule has 0 radical (unpaired) electrons. The first-order valence-corrected chi connectivity index (χ1v) is 9.93. The van der Waals surface area contributed by atoms with Gasteiger partial charge in [-0.15, -0.1) is 0 Å². The Labute approximate surface area is 163 Å². The lowest BCUT2D eigenvalue weighted by molar-refractivity contribution is -0.126. The van der Waals surface area contributed by atoms with Crippen LogP contribution in [0.15, 0.2) is 53.4 Å². The molecular formula is C18H18Cl2N2O3S. The number of nitrogens with two attached hydrogens (primary N) is 1. The van der Waals surface area contributed by atoms with Gasteiger partial charge in [0.2, 0.25) is 15.9 Å². The summed E-state index contributed by atoms with van der Waals surface area (Å²) in [4.78, 5) is 13.9. The lowest BCUT2D eigenvalue weighted by atomic mass is 10.1. The predicted octanol–water partition coefficient (Wildman–Crippen LogP) is 3.87. The van der Waals surface area contributed by atoms with Gasteiger partial charge in [-0.3, -0.25) is 4.79 Å². The molecule has 2 aromatic rings. The smallest absolute Gasteiger partial charge is 0.246 e. The third-order valence-electron chi connectivity index (χ3n) is 3.99. The van der Waals surface area contributed by atoms with Gasteiger partial charge in [-0.2, -0.15) is 0 Å². The number of rotatable bonds is 5. The summed E-state index contributed by atoms with van der Waals surface area (Å²) in [5.74, 6) is -0.283. The maximum atomic E-state index is 12.4. The molecule has 2 N–H and O–H groups in total. The third kappa shape index (κ3) is 4.86. The van der Waals surface area contributed by atoms with E-state index in [-0.39, 0.29) is 16.8 Å². The molecule has 2 rings (SSSR count). The molecule has 138 valence electrons. The number of likely N-dealkylation sites (N-methyl/N-ethyl adjacent to an activating group) is 1. The third-order valence-corrected chi connectivity index (χ3v) is 5.56. The van der Waals surface area contributed by atoms with Crippen LogP contribution in [-0.2, 0) is 14.8 Å². The molecule has 0 fully saturated rings. The van der Waals surface area contributed by atoms with Crippen molar-refractivity contribution in [1.29, 1.82) is 0 Å². The number of carbonyl (C=O) groups is 1. The molecular weight excluding hydrogens is 395 g/mol. The number of halogens is 2. The van der Waals surface area contributed by atoms with Crippen molar-refractivity contribution in [2.75, 3.05) is 7.05 Å². The Bertz CT molecular complexity index is 938. The Balaban J connectivity index is 2.21. The SMILES string of the molecule is CC(c1cccc(S(N)(=O)=O)c1)N(C)C(=O)/C=C/c1c(Cl)cccc1Cl. The van der Waals surface area contributed by atoms with E-state index in [4.69, 9.17) is 28.3 Å². The molecule has 1 amide bonds. The number of sulfonamides is 1. The minimum atomic E-state index is -3.81. The van der Waals surface area contributed by atoms with Crippen LogP contribution < -0.4 is 5.14 Å². The van der Waals surface area contributed by atoms with Crippen molar-refractivity contribution in [2.24, 2.45) is 5.14 Å². The zero-order valence-corrected chi connectivity index (χ0v) is 16.5. The quantitative estimate of drug-likeness (QED) is 0.756. The number of primary sulfonamides is 1. The zero-order chi connectivity index (χ0) is 19.5. The Hall–Kier alpha value is -1.86. The molecule has 0 aliphatic carbocycles. The highest BCUT2D eigenvalue weighted by molar-refractivity contribution is 7.89. The summed E-state index contributed by atoms with van der Waals surface area (Å²) >= 11 is 12.2. The maximum Gasteiger partial charge on any atom is 0.246 e. The number of hydrogen-bond donors (Lipinski definition) is 1. The summed E-state index contributed by atoms with van der Waals surface area (Å²) in [6, 6.07) is 10.9. The Morgan fingerprint density at radius 2 is 1.73 bits per heavy atom. The van der Waals surface area contributed by atoms with E-state index in [1.54, 1.807) is 50.4 Å². The van der Waals surface area contributed by atoms with Crippen LogP contribution in [-0.4, -0.2) is 26.3 Å². The van der Waals surface area contributed by atoms with Gasteiger partial charge >= 0.3 is 0 Å². The van der Waals surface area contributed by atoms with Gasteiger partial charge in [-0.25, -0.2) is 13.6 Å². The van der Waals surface area contributed by atoms with E-state index in [1.165, 1.54) is 23.1 Å². The highest BCUT2D eigenvalue weighted by Crippen LogP contribution is 2.26. The van der Waals surface area contributed by atoms with Crippen molar-refractivity contribution in [2.45, 2.75) is 17.9 Å². The normalized spacial score (nSPS) is 13.0. The largest absolute Gasteiger partial charge is 0.335 e. The second-order valence-electron chi connectivity index (χ2n) is 5.71. The van der Waals surface area contributed by atoms with Gasteiger partial charge in [0.15, 0.2) is 0 Å². The fourth-order valence-electron chi connectivity index (χ4n) is 2.31. The van der Waals surface area contributed by atoms with Crippen LogP contribution in [0.2, 0.25) is 10.0 Å². The van der Waals surface area contributed by atoms with Crippen molar-refractivity contribution >= 4 is 45.2 Å². The lowest BCUT2D eigenvalue weighted by Crippen LogP contribution is -2.28. The van der Waals surface area contributed by atoms with Gasteiger partial charge in [-0.05, 0) is 42.8 Å². The summed E-state index contributed by atoms with van der Waals surface area (Å²) in [5, 5.41) is 6.04. The summed E-state index contributed by atoms with van der Waals surface area (Å²) < 4.78 is 23.0. The fraction of sp³-hybridized carbons (Fsp3) is 0.167. The van der Waals surface area contributed by atoms with E-state index >= 15 is 0 Å². The molecule has 5 nitrogen and oxygen atoms in total. The fourth-order valence-corrected chi connectivity index (χ4v) is 3.40. The summed E-state index contributed by atoms with van der Waals surface area (Å²) in [6.45, 7) is 1.79. The van der Waals surface area contributed by atoms with Crippen LogP contribution in [0, 0.1) is 0 Å². The molecule has 0 bridgehead atoms. The average molecular weight is 413 g/mol. The van der Waals surface area contributed by atoms with E-state index in [2.05, 4.69) is 0 Å². The molecule has 0 saturated heterocycles. The Morgan fingerprint density at radius 1 is 1.15 bits per heavy atom. The van der Waals surface area contributed by atoms with Gasteiger partial charge in [0.1, 0.15) is 0 Å². The number of nitrogens with zero attached hydrogens (tertiary/aromatic N) is 1. The summed E-state index contributed by atoms with van der Waals surface area (Å²) in [7, 11) is -2.19. The predicted molar refractivity (Wildman–Crippen MR) is 104 cm³/mol. The summed E-state index contributed by atoms with van der Waals surface area (Å²) in [6.07, 6.45) is 2.92. The van der Waals surface area contributed by atoms with Crippen molar-refractivity contribution in [1.82, 2.24) is 4.90 Å². The van der Waals surface area contributed by atoms with E-state index < -0.39 is 10.0 Å².